The minimum absolute atomic E-state index is 0.0837. The molecule has 0 saturated heterocycles. The Hall–Kier alpha value is -2.35. The zero-order chi connectivity index (χ0) is 13.5. The Balaban J connectivity index is 1.95. The highest BCUT2D eigenvalue weighted by Crippen LogP contribution is 2.07. The summed E-state index contributed by atoms with van der Waals surface area (Å²) in [5.41, 5.74) is 1.94. The van der Waals surface area contributed by atoms with Gasteiger partial charge in [0, 0.05) is 18.9 Å². The third-order valence-electron chi connectivity index (χ3n) is 2.78. The van der Waals surface area contributed by atoms with Gasteiger partial charge in [0.15, 0.2) is 5.78 Å². The van der Waals surface area contributed by atoms with E-state index >= 15 is 0 Å². The van der Waals surface area contributed by atoms with Crippen LogP contribution in [0.25, 0.3) is 0 Å². The van der Waals surface area contributed by atoms with Gasteiger partial charge in [-0.3, -0.25) is 4.79 Å². The number of aliphatic hydroxyl groups excluding tert-OH is 1. The molecule has 0 unspecified atom stereocenters. The van der Waals surface area contributed by atoms with Crippen molar-refractivity contribution in [2.45, 2.75) is 12.8 Å². The molecule has 1 N–H and O–H groups in total. The fourth-order valence-electron chi connectivity index (χ4n) is 1.89. The quantitative estimate of drug-likeness (QED) is 0.653. The van der Waals surface area contributed by atoms with Gasteiger partial charge in [-0.15, -0.1) is 0 Å². The van der Waals surface area contributed by atoms with Gasteiger partial charge in [-0.25, -0.2) is 0 Å². The normalized spacial score (nSPS) is 11.3. The second-order valence-electron chi connectivity index (χ2n) is 4.43. The van der Waals surface area contributed by atoms with Gasteiger partial charge in [-0.1, -0.05) is 60.7 Å². The summed E-state index contributed by atoms with van der Waals surface area (Å²) in [4.78, 5) is 11.8. The van der Waals surface area contributed by atoms with Crippen molar-refractivity contribution < 1.29 is 9.90 Å². The lowest BCUT2D eigenvalue weighted by atomic mass is 10.1. The van der Waals surface area contributed by atoms with E-state index in [1.165, 1.54) is 6.08 Å². The van der Waals surface area contributed by atoms with Crippen molar-refractivity contribution in [3.63, 3.8) is 0 Å². The second-order valence-corrected chi connectivity index (χ2v) is 4.43. The number of carbonyl (C=O) groups excluding carboxylic acids is 1. The number of allylic oxidation sites excluding steroid dienone is 2. The molecule has 0 aliphatic rings. The Labute approximate surface area is 113 Å². The average molecular weight is 252 g/mol. The summed E-state index contributed by atoms with van der Waals surface area (Å²) >= 11 is 0. The number of carbonyl (C=O) groups is 1. The Morgan fingerprint density at radius 2 is 1.32 bits per heavy atom. The first kappa shape index (κ1) is 13.1. The lowest BCUT2D eigenvalue weighted by Gasteiger charge is -2.01. The SMILES string of the molecule is O=C(/C=C(\O)Cc1ccccc1)Cc1ccccc1. The van der Waals surface area contributed by atoms with E-state index in [0.29, 0.717) is 12.8 Å². The maximum atomic E-state index is 11.8. The smallest absolute Gasteiger partial charge is 0.163 e. The largest absolute Gasteiger partial charge is 0.512 e. The molecular formula is C17H16O2. The highest BCUT2D eigenvalue weighted by Gasteiger charge is 2.03. The molecule has 0 amide bonds. The van der Waals surface area contributed by atoms with E-state index in [1.807, 2.05) is 60.7 Å². The fraction of sp³-hybridized carbons (Fsp3) is 0.118. The molecule has 96 valence electrons. The van der Waals surface area contributed by atoms with Crippen LogP contribution in [0.2, 0.25) is 0 Å². The van der Waals surface area contributed by atoms with Crippen LogP contribution in [-0.2, 0) is 17.6 Å². The van der Waals surface area contributed by atoms with Crippen molar-refractivity contribution in [2.75, 3.05) is 0 Å². The summed E-state index contributed by atoms with van der Waals surface area (Å²) in [6, 6.07) is 19.1. The maximum Gasteiger partial charge on any atom is 0.163 e. The summed E-state index contributed by atoms with van der Waals surface area (Å²) in [6.07, 6.45) is 2.03. The molecule has 0 bridgehead atoms. The predicted molar refractivity (Wildman–Crippen MR) is 76.0 cm³/mol. The number of aliphatic hydroxyl groups is 1. The van der Waals surface area contributed by atoms with E-state index < -0.39 is 0 Å². The summed E-state index contributed by atoms with van der Waals surface area (Å²) in [7, 11) is 0. The summed E-state index contributed by atoms with van der Waals surface area (Å²) in [6.45, 7) is 0. The van der Waals surface area contributed by atoms with Crippen molar-refractivity contribution in [3.05, 3.63) is 83.6 Å². The number of benzene rings is 2. The van der Waals surface area contributed by atoms with Gasteiger partial charge in [0.1, 0.15) is 5.76 Å². The minimum Gasteiger partial charge on any atom is -0.512 e. The van der Waals surface area contributed by atoms with E-state index in [1.54, 1.807) is 0 Å². The highest BCUT2D eigenvalue weighted by atomic mass is 16.3. The lowest BCUT2D eigenvalue weighted by Crippen LogP contribution is -2.01. The second kappa shape index (κ2) is 6.55. The molecule has 2 aromatic carbocycles. The van der Waals surface area contributed by atoms with Gasteiger partial charge < -0.3 is 5.11 Å². The van der Waals surface area contributed by atoms with Crippen molar-refractivity contribution in [1.29, 1.82) is 0 Å². The third kappa shape index (κ3) is 4.43. The van der Waals surface area contributed by atoms with Crippen LogP contribution in [0.3, 0.4) is 0 Å². The highest BCUT2D eigenvalue weighted by molar-refractivity contribution is 5.91. The Bertz CT molecular complexity index is 556. The van der Waals surface area contributed by atoms with Crippen LogP contribution in [0.5, 0.6) is 0 Å². The van der Waals surface area contributed by atoms with Crippen LogP contribution in [0.1, 0.15) is 11.1 Å². The zero-order valence-electron chi connectivity index (χ0n) is 10.6. The van der Waals surface area contributed by atoms with Gasteiger partial charge in [0.25, 0.3) is 0 Å². The molecule has 0 radical (unpaired) electrons. The molecule has 0 aromatic heterocycles. The maximum absolute atomic E-state index is 11.8. The van der Waals surface area contributed by atoms with Crippen molar-refractivity contribution in [2.24, 2.45) is 0 Å². The first-order valence-electron chi connectivity index (χ1n) is 6.24. The molecule has 0 aliphatic carbocycles. The van der Waals surface area contributed by atoms with Crippen LogP contribution in [0, 0.1) is 0 Å². The van der Waals surface area contributed by atoms with Crippen LogP contribution >= 0.6 is 0 Å². The first-order chi connectivity index (χ1) is 9.24. The molecule has 0 aliphatic heterocycles. The van der Waals surface area contributed by atoms with Crippen LogP contribution in [-0.4, -0.2) is 10.9 Å². The van der Waals surface area contributed by atoms with E-state index in [0.717, 1.165) is 11.1 Å². The predicted octanol–water partition coefficient (Wildman–Crippen LogP) is 3.48. The molecule has 19 heavy (non-hydrogen) atoms. The topological polar surface area (TPSA) is 37.3 Å². The molecule has 2 heteroatoms. The summed E-state index contributed by atoms with van der Waals surface area (Å²) in [5.74, 6) is 0.0202. The van der Waals surface area contributed by atoms with E-state index in [2.05, 4.69) is 0 Å². The van der Waals surface area contributed by atoms with Gasteiger partial charge in [0.2, 0.25) is 0 Å². The van der Waals surface area contributed by atoms with E-state index in [-0.39, 0.29) is 11.5 Å². The molecule has 0 saturated carbocycles. The Morgan fingerprint density at radius 1 is 0.842 bits per heavy atom. The van der Waals surface area contributed by atoms with Gasteiger partial charge in [-0.05, 0) is 11.1 Å². The molecule has 2 nitrogen and oxygen atoms in total. The molecular weight excluding hydrogens is 236 g/mol. The first-order valence-corrected chi connectivity index (χ1v) is 6.24. The molecule has 2 aromatic rings. The van der Waals surface area contributed by atoms with E-state index in [9.17, 15) is 9.90 Å². The monoisotopic (exact) mass is 252 g/mol. The third-order valence-corrected chi connectivity index (χ3v) is 2.78. The average Bonchev–Trinajstić information content (AvgIpc) is 2.40. The number of rotatable bonds is 5. The molecule has 0 fully saturated rings. The van der Waals surface area contributed by atoms with Crippen LogP contribution in [0.4, 0.5) is 0 Å². The number of ketones is 1. The Kier molecular flexibility index (Phi) is 4.51. The zero-order valence-corrected chi connectivity index (χ0v) is 10.6. The minimum atomic E-state index is -0.0837. The van der Waals surface area contributed by atoms with Crippen LogP contribution < -0.4 is 0 Å². The molecule has 0 atom stereocenters. The van der Waals surface area contributed by atoms with Gasteiger partial charge in [0.05, 0.1) is 0 Å². The van der Waals surface area contributed by atoms with Gasteiger partial charge in [-0.2, -0.15) is 0 Å². The fourth-order valence-corrected chi connectivity index (χ4v) is 1.89. The molecule has 2 rings (SSSR count). The Morgan fingerprint density at radius 3 is 1.84 bits per heavy atom. The van der Waals surface area contributed by atoms with Crippen molar-refractivity contribution in [3.8, 4) is 0 Å². The summed E-state index contributed by atoms with van der Waals surface area (Å²) in [5, 5.41) is 9.79. The van der Waals surface area contributed by atoms with Gasteiger partial charge >= 0.3 is 0 Å². The molecule has 0 spiro atoms. The van der Waals surface area contributed by atoms with Crippen LogP contribution in [0.15, 0.2) is 72.5 Å². The van der Waals surface area contributed by atoms with Crippen molar-refractivity contribution >= 4 is 5.78 Å². The number of hydrogen-bond donors (Lipinski definition) is 1. The van der Waals surface area contributed by atoms with E-state index in [4.69, 9.17) is 0 Å². The standard InChI is InChI=1S/C17H16O2/c18-16(11-14-7-3-1-4-8-14)13-17(19)12-15-9-5-2-6-10-15/h1-10,13,18H,11-12H2/b16-13-. The lowest BCUT2D eigenvalue weighted by molar-refractivity contribution is -0.114. The molecule has 0 heterocycles. The summed E-state index contributed by atoms with van der Waals surface area (Å²) < 4.78 is 0. The van der Waals surface area contributed by atoms with Crippen molar-refractivity contribution in [1.82, 2.24) is 0 Å². The number of hydrogen-bond acceptors (Lipinski definition) is 2.